The van der Waals surface area contributed by atoms with Gasteiger partial charge in [-0.2, -0.15) is 4.98 Å². The third kappa shape index (κ3) is 3.96. The van der Waals surface area contributed by atoms with Crippen molar-refractivity contribution in [3.05, 3.63) is 27.8 Å². The molecular weight excluding hydrogens is 312 g/mol. The molecule has 1 saturated heterocycles. The summed E-state index contributed by atoms with van der Waals surface area (Å²) in [7, 11) is 0. The maximum Gasteiger partial charge on any atom is 0.231 e. The maximum absolute atomic E-state index is 12.1. The van der Waals surface area contributed by atoms with E-state index < -0.39 is 0 Å². The first-order chi connectivity index (χ1) is 11.2. The molecule has 124 valence electrons. The average Bonchev–Trinajstić information content (AvgIpc) is 3.17. The Morgan fingerprint density at radius 2 is 2.35 bits per heavy atom. The van der Waals surface area contributed by atoms with Crippen LogP contribution in [0.4, 0.5) is 0 Å². The minimum Gasteiger partial charge on any atom is -0.342 e. The van der Waals surface area contributed by atoms with E-state index in [1.807, 2.05) is 24.1 Å². The Kier molecular flexibility index (Phi) is 5.05. The van der Waals surface area contributed by atoms with E-state index in [2.05, 4.69) is 15.1 Å². The number of nitrogens with zero attached hydrogens (tertiary/aromatic N) is 4. The number of likely N-dealkylation sites (tertiary alicyclic amines) is 1. The lowest BCUT2D eigenvalue weighted by Gasteiger charge is -2.31. The quantitative estimate of drug-likeness (QED) is 0.840. The summed E-state index contributed by atoms with van der Waals surface area (Å²) < 4.78 is 5.45. The molecule has 0 N–H and O–H groups in total. The van der Waals surface area contributed by atoms with Crippen molar-refractivity contribution in [1.82, 2.24) is 20.0 Å². The van der Waals surface area contributed by atoms with Crippen molar-refractivity contribution < 1.29 is 9.32 Å². The molecule has 1 aliphatic heterocycles. The van der Waals surface area contributed by atoms with Crippen LogP contribution in [0.3, 0.4) is 0 Å². The highest BCUT2D eigenvalue weighted by Crippen LogP contribution is 2.26. The lowest BCUT2D eigenvalue weighted by molar-refractivity contribution is -0.132. The van der Waals surface area contributed by atoms with Crippen molar-refractivity contribution in [1.29, 1.82) is 0 Å². The van der Waals surface area contributed by atoms with Gasteiger partial charge in [0.05, 0.1) is 23.0 Å². The molecule has 0 aromatic carbocycles. The molecule has 2 aromatic heterocycles. The predicted molar refractivity (Wildman–Crippen MR) is 87.4 cm³/mol. The minimum atomic E-state index is 0.156. The number of piperidine rings is 1. The van der Waals surface area contributed by atoms with Crippen molar-refractivity contribution in [2.24, 2.45) is 0 Å². The Morgan fingerprint density at radius 1 is 1.48 bits per heavy atom. The summed E-state index contributed by atoms with van der Waals surface area (Å²) >= 11 is 1.63. The number of thiazole rings is 1. The van der Waals surface area contributed by atoms with Crippen LogP contribution in [-0.2, 0) is 11.2 Å². The van der Waals surface area contributed by atoms with Crippen LogP contribution in [0.2, 0.25) is 0 Å². The van der Waals surface area contributed by atoms with Crippen LogP contribution in [0.5, 0.6) is 0 Å². The number of aromatic nitrogens is 3. The van der Waals surface area contributed by atoms with E-state index in [0.717, 1.165) is 36.5 Å². The molecule has 0 saturated carbocycles. The van der Waals surface area contributed by atoms with Crippen molar-refractivity contribution >= 4 is 17.2 Å². The molecule has 0 radical (unpaired) electrons. The Hall–Kier alpha value is -1.76. The third-order valence-corrected chi connectivity index (χ3v) is 4.90. The van der Waals surface area contributed by atoms with Gasteiger partial charge in [0.15, 0.2) is 5.82 Å². The van der Waals surface area contributed by atoms with Gasteiger partial charge in [0.1, 0.15) is 0 Å². The second kappa shape index (κ2) is 7.21. The molecule has 0 aliphatic carbocycles. The van der Waals surface area contributed by atoms with Gasteiger partial charge in [-0.05, 0) is 26.2 Å². The fourth-order valence-electron chi connectivity index (χ4n) is 2.93. The Labute approximate surface area is 139 Å². The number of hydrogen-bond acceptors (Lipinski definition) is 6. The van der Waals surface area contributed by atoms with Gasteiger partial charge in [-0.15, -0.1) is 11.3 Å². The zero-order valence-corrected chi connectivity index (χ0v) is 14.4. The van der Waals surface area contributed by atoms with Gasteiger partial charge in [-0.25, -0.2) is 4.98 Å². The number of aryl methyl sites for hydroxylation is 1. The largest absolute Gasteiger partial charge is 0.342 e. The normalized spacial score (nSPS) is 18.3. The van der Waals surface area contributed by atoms with Crippen LogP contribution in [0.15, 0.2) is 9.90 Å². The lowest BCUT2D eigenvalue weighted by atomic mass is 9.97. The third-order valence-electron chi connectivity index (χ3n) is 4.08. The highest BCUT2D eigenvalue weighted by atomic mass is 32.1. The van der Waals surface area contributed by atoms with E-state index in [-0.39, 0.29) is 11.8 Å². The average molecular weight is 334 g/mol. The summed E-state index contributed by atoms with van der Waals surface area (Å²) in [6.07, 6.45) is 4.08. The molecule has 1 amide bonds. The Balaban J connectivity index is 1.64. The zero-order chi connectivity index (χ0) is 16.2. The summed E-state index contributed by atoms with van der Waals surface area (Å²) in [5.74, 6) is 1.71. The molecule has 0 bridgehead atoms. The first-order valence-corrected chi connectivity index (χ1v) is 9.05. The van der Waals surface area contributed by atoms with Crippen LogP contribution in [0, 0.1) is 6.92 Å². The first-order valence-electron chi connectivity index (χ1n) is 8.17. The topological polar surface area (TPSA) is 72.1 Å². The minimum absolute atomic E-state index is 0.156. The second-order valence-corrected chi connectivity index (χ2v) is 7.07. The number of carbonyl (C=O) groups excluding carboxylic acids is 1. The van der Waals surface area contributed by atoms with Gasteiger partial charge in [0.25, 0.3) is 0 Å². The van der Waals surface area contributed by atoms with Crippen LogP contribution in [0.1, 0.15) is 60.9 Å². The molecule has 0 spiro atoms. The summed E-state index contributed by atoms with van der Waals surface area (Å²) in [4.78, 5) is 23.0. The van der Waals surface area contributed by atoms with Gasteiger partial charge < -0.3 is 9.42 Å². The first kappa shape index (κ1) is 16.1. The SMILES string of the molecule is CCCC(=O)N1CCCC(c2nc(Cc3csc(C)n3)no2)C1. The molecule has 6 nitrogen and oxygen atoms in total. The molecule has 1 fully saturated rings. The molecule has 3 rings (SSSR count). The van der Waals surface area contributed by atoms with Crippen molar-refractivity contribution in [2.45, 2.75) is 51.9 Å². The van der Waals surface area contributed by atoms with Crippen LogP contribution in [0.25, 0.3) is 0 Å². The van der Waals surface area contributed by atoms with Crippen LogP contribution < -0.4 is 0 Å². The van der Waals surface area contributed by atoms with Crippen molar-refractivity contribution in [3.63, 3.8) is 0 Å². The summed E-state index contributed by atoms with van der Waals surface area (Å²) in [6, 6.07) is 0. The Bertz CT molecular complexity index is 667. The number of rotatable bonds is 5. The molecule has 1 atom stereocenters. The van der Waals surface area contributed by atoms with Gasteiger partial charge >= 0.3 is 0 Å². The number of amides is 1. The van der Waals surface area contributed by atoms with E-state index >= 15 is 0 Å². The summed E-state index contributed by atoms with van der Waals surface area (Å²) in [6.45, 7) is 5.55. The highest BCUT2D eigenvalue weighted by molar-refractivity contribution is 7.09. The summed E-state index contributed by atoms with van der Waals surface area (Å²) in [5, 5.41) is 7.14. The van der Waals surface area contributed by atoms with E-state index in [4.69, 9.17) is 4.52 Å². The molecule has 2 aromatic rings. The van der Waals surface area contributed by atoms with E-state index in [1.54, 1.807) is 11.3 Å². The van der Waals surface area contributed by atoms with E-state index in [0.29, 0.717) is 31.1 Å². The smallest absolute Gasteiger partial charge is 0.231 e. The van der Waals surface area contributed by atoms with Gasteiger partial charge in [-0.1, -0.05) is 12.1 Å². The zero-order valence-electron chi connectivity index (χ0n) is 13.6. The molecule has 1 unspecified atom stereocenters. The van der Waals surface area contributed by atoms with Gasteiger partial charge in [-0.3, -0.25) is 4.79 Å². The van der Waals surface area contributed by atoms with Gasteiger partial charge in [0, 0.05) is 24.9 Å². The number of carbonyl (C=O) groups is 1. The molecular formula is C16H22N4O2S. The van der Waals surface area contributed by atoms with Crippen LogP contribution in [-0.4, -0.2) is 39.0 Å². The molecule has 23 heavy (non-hydrogen) atoms. The molecule has 7 heteroatoms. The van der Waals surface area contributed by atoms with Crippen molar-refractivity contribution in [2.75, 3.05) is 13.1 Å². The van der Waals surface area contributed by atoms with E-state index in [9.17, 15) is 4.79 Å². The number of hydrogen-bond donors (Lipinski definition) is 0. The van der Waals surface area contributed by atoms with Gasteiger partial charge in [0.2, 0.25) is 11.8 Å². The fourth-order valence-corrected chi connectivity index (χ4v) is 3.55. The fraction of sp³-hybridized carbons (Fsp3) is 0.625. The van der Waals surface area contributed by atoms with E-state index in [1.165, 1.54) is 0 Å². The van der Waals surface area contributed by atoms with Crippen molar-refractivity contribution in [3.8, 4) is 0 Å². The maximum atomic E-state index is 12.1. The standard InChI is InChI=1S/C16H22N4O2S/c1-3-5-15(21)20-7-4-6-12(9-20)16-18-14(19-22-16)8-13-10-23-11(2)17-13/h10,12H,3-9H2,1-2H3. The predicted octanol–water partition coefficient (Wildman–Crippen LogP) is 2.93. The summed E-state index contributed by atoms with van der Waals surface area (Å²) in [5.41, 5.74) is 0.975. The van der Waals surface area contributed by atoms with Crippen LogP contribution >= 0.6 is 11.3 Å². The lowest BCUT2D eigenvalue weighted by Crippen LogP contribution is -2.39. The highest BCUT2D eigenvalue weighted by Gasteiger charge is 2.28. The molecule has 3 heterocycles. The second-order valence-electron chi connectivity index (χ2n) is 6.01. The Morgan fingerprint density at radius 3 is 3.09 bits per heavy atom. The monoisotopic (exact) mass is 334 g/mol. The molecule has 1 aliphatic rings.